The zero-order valence-electron chi connectivity index (χ0n) is 11.0. The van der Waals surface area contributed by atoms with Gasteiger partial charge in [0.2, 0.25) is 5.91 Å². The number of amides is 2. The smallest absolute Gasteiger partial charge is 0.272 e. The zero-order valence-corrected chi connectivity index (χ0v) is 14.3. The van der Waals surface area contributed by atoms with Crippen LogP contribution in [0.5, 0.6) is 0 Å². The van der Waals surface area contributed by atoms with E-state index in [4.69, 9.17) is 0 Å². The predicted octanol–water partition coefficient (Wildman–Crippen LogP) is 2.26. The van der Waals surface area contributed by atoms with Gasteiger partial charge in [-0.05, 0) is 17.2 Å². The molecule has 2 aromatic heterocycles. The maximum Gasteiger partial charge on any atom is 0.279 e. The van der Waals surface area contributed by atoms with E-state index in [0.717, 1.165) is 14.4 Å². The Bertz CT molecular complexity index is 599. The van der Waals surface area contributed by atoms with Crippen LogP contribution < -0.4 is 10.9 Å². The maximum absolute atomic E-state index is 11.6. The van der Waals surface area contributed by atoms with Crippen LogP contribution in [0, 0.1) is 0 Å². The first kappa shape index (κ1) is 16.3. The summed E-state index contributed by atoms with van der Waals surface area (Å²) in [4.78, 5) is 23.8. The lowest BCUT2D eigenvalue weighted by Crippen LogP contribution is -2.42. The Labute approximate surface area is 138 Å². The van der Waals surface area contributed by atoms with Crippen LogP contribution in [0.2, 0.25) is 0 Å². The fourth-order valence-corrected chi connectivity index (χ4v) is 4.53. The monoisotopic (exact) mass is 360 g/mol. The van der Waals surface area contributed by atoms with Crippen molar-refractivity contribution in [1.82, 2.24) is 21.0 Å². The Morgan fingerprint density at radius 2 is 2.00 bits per heavy atom. The third-order valence-corrected chi connectivity index (χ3v) is 5.98. The van der Waals surface area contributed by atoms with Crippen molar-refractivity contribution in [3.63, 3.8) is 0 Å². The summed E-state index contributed by atoms with van der Waals surface area (Å²) in [6.45, 7) is 2.04. The minimum absolute atomic E-state index is 0.177. The van der Waals surface area contributed by atoms with Crippen molar-refractivity contribution in [2.75, 3.05) is 11.5 Å². The van der Waals surface area contributed by atoms with E-state index >= 15 is 0 Å². The molecule has 2 aromatic rings. The molecule has 0 aromatic carbocycles. The van der Waals surface area contributed by atoms with E-state index < -0.39 is 0 Å². The van der Waals surface area contributed by atoms with Crippen LogP contribution in [0.15, 0.2) is 26.2 Å². The van der Waals surface area contributed by atoms with Gasteiger partial charge in [0.25, 0.3) is 5.91 Å². The van der Waals surface area contributed by atoms with E-state index in [9.17, 15) is 9.59 Å². The highest BCUT2D eigenvalue weighted by Gasteiger charge is 2.10. The molecular formula is C11H12N4O2S4. The van der Waals surface area contributed by atoms with Crippen LogP contribution in [-0.4, -0.2) is 33.5 Å². The molecule has 0 bridgehead atoms. The quantitative estimate of drug-likeness (QED) is 0.607. The molecule has 21 heavy (non-hydrogen) atoms. The summed E-state index contributed by atoms with van der Waals surface area (Å²) >= 11 is 5.69. The van der Waals surface area contributed by atoms with E-state index in [2.05, 4.69) is 21.0 Å². The highest BCUT2D eigenvalue weighted by atomic mass is 32.2. The van der Waals surface area contributed by atoms with E-state index in [1.807, 2.05) is 6.92 Å². The molecule has 0 aliphatic carbocycles. The largest absolute Gasteiger partial charge is 0.279 e. The first-order chi connectivity index (χ1) is 10.2. The summed E-state index contributed by atoms with van der Waals surface area (Å²) < 4.78 is 1.64. The summed E-state index contributed by atoms with van der Waals surface area (Å²) in [6.07, 6.45) is 0. The number of carbonyl (C=O) groups is 2. The average molecular weight is 361 g/mol. The van der Waals surface area contributed by atoms with E-state index in [-0.39, 0.29) is 17.6 Å². The number of aromatic nitrogens is 2. The van der Waals surface area contributed by atoms with Gasteiger partial charge in [-0.3, -0.25) is 20.4 Å². The van der Waals surface area contributed by atoms with Crippen LogP contribution in [0.1, 0.15) is 16.6 Å². The molecule has 6 nitrogen and oxygen atoms in total. The van der Waals surface area contributed by atoms with E-state index in [1.165, 1.54) is 34.4 Å². The van der Waals surface area contributed by atoms with Crippen molar-refractivity contribution in [2.45, 2.75) is 15.6 Å². The van der Waals surface area contributed by atoms with Gasteiger partial charge in [0.1, 0.15) is 0 Å². The topological polar surface area (TPSA) is 84.0 Å². The Morgan fingerprint density at radius 1 is 1.24 bits per heavy atom. The van der Waals surface area contributed by atoms with Gasteiger partial charge in [0.05, 0.1) is 10.6 Å². The van der Waals surface area contributed by atoms with E-state index in [0.29, 0.717) is 4.88 Å². The Balaban J connectivity index is 1.70. The number of nitrogens with zero attached hydrogens (tertiary/aromatic N) is 2. The summed E-state index contributed by atoms with van der Waals surface area (Å²) in [7, 11) is 0. The summed E-state index contributed by atoms with van der Waals surface area (Å²) in [5, 5.41) is 9.79. The van der Waals surface area contributed by atoms with Gasteiger partial charge in [-0.15, -0.1) is 21.5 Å². The van der Waals surface area contributed by atoms with Crippen LogP contribution in [0.3, 0.4) is 0 Å². The third-order valence-electron chi connectivity index (χ3n) is 2.04. The van der Waals surface area contributed by atoms with Gasteiger partial charge in [0.15, 0.2) is 8.68 Å². The second kappa shape index (κ2) is 8.37. The molecule has 112 valence electrons. The minimum Gasteiger partial charge on any atom is -0.272 e. The molecule has 0 radical (unpaired) electrons. The van der Waals surface area contributed by atoms with Crippen molar-refractivity contribution in [3.05, 3.63) is 22.4 Å². The summed E-state index contributed by atoms with van der Waals surface area (Å²) in [6, 6.07) is 3.47. The molecule has 10 heteroatoms. The molecule has 0 aliphatic heterocycles. The van der Waals surface area contributed by atoms with Gasteiger partial charge < -0.3 is 0 Å². The minimum atomic E-state index is -0.319. The standard InChI is InChI=1S/C11H12N4O2S4/c1-2-18-10-14-15-11(21-10)20-6-8(16)12-13-9(17)7-4-3-5-19-7/h3-5H,2,6H2,1H3,(H,12,16)(H,13,17). The van der Waals surface area contributed by atoms with Crippen molar-refractivity contribution in [3.8, 4) is 0 Å². The van der Waals surface area contributed by atoms with Crippen LogP contribution in [0.25, 0.3) is 0 Å². The molecule has 0 atom stereocenters. The normalized spacial score (nSPS) is 10.3. The molecule has 0 fully saturated rings. The second-order valence-corrected chi connectivity index (χ2v) is 8.19. The second-order valence-electron chi connectivity index (χ2n) is 3.54. The molecule has 2 heterocycles. The molecule has 2 rings (SSSR count). The summed E-state index contributed by atoms with van der Waals surface area (Å²) in [5.41, 5.74) is 4.74. The number of thiophene rings is 1. The molecule has 0 saturated heterocycles. The average Bonchev–Trinajstić information content (AvgIpc) is 3.14. The predicted molar refractivity (Wildman–Crippen MR) is 87.0 cm³/mol. The van der Waals surface area contributed by atoms with Crippen molar-refractivity contribution < 1.29 is 9.59 Å². The lowest BCUT2D eigenvalue weighted by Gasteiger charge is -2.04. The van der Waals surface area contributed by atoms with Crippen molar-refractivity contribution in [2.24, 2.45) is 0 Å². The molecular weight excluding hydrogens is 348 g/mol. The highest BCUT2D eigenvalue weighted by Crippen LogP contribution is 2.28. The molecule has 2 N–H and O–H groups in total. The number of nitrogens with one attached hydrogen (secondary N) is 2. The van der Waals surface area contributed by atoms with Gasteiger partial charge in [-0.2, -0.15) is 0 Å². The number of rotatable bonds is 6. The SMILES string of the molecule is CCSc1nnc(SCC(=O)NNC(=O)c2cccs2)s1. The molecule has 2 amide bonds. The lowest BCUT2D eigenvalue weighted by atomic mass is 10.4. The van der Waals surface area contributed by atoms with Crippen molar-refractivity contribution in [1.29, 1.82) is 0 Å². The molecule has 0 spiro atoms. The fraction of sp³-hybridized carbons (Fsp3) is 0.273. The Morgan fingerprint density at radius 3 is 2.67 bits per heavy atom. The zero-order chi connectivity index (χ0) is 15.1. The molecule has 0 saturated carbocycles. The maximum atomic E-state index is 11.6. The molecule has 0 unspecified atom stereocenters. The fourth-order valence-electron chi connectivity index (χ4n) is 1.20. The number of thioether (sulfide) groups is 2. The molecule has 0 aliphatic rings. The van der Waals surface area contributed by atoms with Crippen LogP contribution in [0.4, 0.5) is 0 Å². The van der Waals surface area contributed by atoms with Gasteiger partial charge in [-0.25, -0.2) is 0 Å². The van der Waals surface area contributed by atoms with Crippen LogP contribution in [-0.2, 0) is 4.79 Å². The highest BCUT2D eigenvalue weighted by molar-refractivity contribution is 8.03. The first-order valence-corrected chi connectivity index (χ1v) is 9.57. The first-order valence-electron chi connectivity index (χ1n) is 5.91. The summed E-state index contributed by atoms with van der Waals surface area (Å²) in [5.74, 6) is 0.510. The third kappa shape index (κ3) is 5.30. The Hall–Kier alpha value is -1.10. The number of hydrogen-bond donors (Lipinski definition) is 2. The lowest BCUT2D eigenvalue weighted by molar-refractivity contribution is -0.119. The van der Waals surface area contributed by atoms with Crippen molar-refractivity contribution >= 4 is 58.0 Å². The number of hydrazine groups is 1. The van der Waals surface area contributed by atoms with Crippen LogP contribution >= 0.6 is 46.2 Å². The number of carbonyl (C=O) groups excluding carboxylic acids is 2. The van der Waals surface area contributed by atoms with E-state index in [1.54, 1.807) is 29.3 Å². The Kier molecular flexibility index (Phi) is 6.49. The van der Waals surface area contributed by atoms with Gasteiger partial charge in [-0.1, -0.05) is 47.9 Å². The number of hydrogen-bond acceptors (Lipinski definition) is 8. The van der Waals surface area contributed by atoms with Gasteiger partial charge in [0, 0.05) is 0 Å². The van der Waals surface area contributed by atoms with Gasteiger partial charge >= 0.3 is 0 Å².